The molecule has 0 amide bonds. The topological polar surface area (TPSA) is 46.2 Å². The molecule has 0 saturated carbocycles. The summed E-state index contributed by atoms with van der Waals surface area (Å²) in [6, 6.07) is 7.43. The van der Waals surface area contributed by atoms with Crippen molar-refractivity contribution in [2.45, 2.75) is 31.9 Å². The van der Waals surface area contributed by atoms with Gasteiger partial charge in [0, 0.05) is 11.6 Å². The Kier molecular flexibility index (Phi) is 5.28. The van der Waals surface area contributed by atoms with Crippen LogP contribution in [0.4, 0.5) is 5.69 Å². The maximum Gasteiger partial charge on any atom is 0.235 e. The third-order valence-electron chi connectivity index (χ3n) is 2.41. The molecular weight excluding hydrogens is 258 g/mol. The van der Waals surface area contributed by atoms with Crippen LogP contribution >= 0.6 is 11.6 Å². The zero-order valence-corrected chi connectivity index (χ0v) is 11.7. The minimum atomic E-state index is -3.26. The molecular formula is C12H18ClNO2S. The molecule has 1 aromatic carbocycles. The highest BCUT2D eigenvalue weighted by Crippen LogP contribution is 2.15. The van der Waals surface area contributed by atoms with Gasteiger partial charge in [-0.25, -0.2) is 8.42 Å². The summed E-state index contributed by atoms with van der Waals surface area (Å²) in [5.74, 6) is 0.613. The van der Waals surface area contributed by atoms with Gasteiger partial charge in [-0.15, -0.1) is 11.6 Å². The first-order valence-electron chi connectivity index (χ1n) is 5.62. The molecule has 0 bridgehead atoms. The Morgan fingerprint density at radius 1 is 1.35 bits per heavy atom. The summed E-state index contributed by atoms with van der Waals surface area (Å²) >= 11 is 5.63. The van der Waals surface area contributed by atoms with Crippen molar-refractivity contribution in [2.75, 3.05) is 10.6 Å². The van der Waals surface area contributed by atoms with E-state index in [-0.39, 0.29) is 0 Å². The van der Waals surface area contributed by atoms with E-state index in [1.54, 1.807) is 19.9 Å². The third-order valence-corrected chi connectivity index (χ3v) is 4.44. The Bertz CT molecular complexity index is 457. The van der Waals surface area contributed by atoms with Crippen molar-refractivity contribution in [3.63, 3.8) is 0 Å². The van der Waals surface area contributed by atoms with E-state index in [2.05, 4.69) is 4.72 Å². The summed E-state index contributed by atoms with van der Waals surface area (Å²) in [6.07, 6.45) is 1.75. The Hall–Kier alpha value is -0.740. The Morgan fingerprint density at radius 2 is 2.06 bits per heavy atom. The summed E-state index contributed by atoms with van der Waals surface area (Å²) in [5.41, 5.74) is 1.71. The Balaban J connectivity index is 2.79. The molecule has 0 aliphatic heterocycles. The highest BCUT2D eigenvalue weighted by atomic mass is 35.5. The average Bonchev–Trinajstić information content (AvgIpc) is 2.26. The maximum atomic E-state index is 11.7. The van der Waals surface area contributed by atoms with Gasteiger partial charge in [-0.2, -0.15) is 0 Å². The van der Waals surface area contributed by atoms with Crippen molar-refractivity contribution < 1.29 is 8.42 Å². The predicted octanol–water partition coefficient (Wildman–Crippen LogP) is 3.01. The van der Waals surface area contributed by atoms with Gasteiger partial charge in [0.25, 0.3) is 0 Å². The predicted molar refractivity (Wildman–Crippen MR) is 73.2 cm³/mol. The van der Waals surface area contributed by atoms with Gasteiger partial charge in [0.15, 0.2) is 0 Å². The van der Waals surface area contributed by atoms with Gasteiger partial charge in [0.05, 0.1) is 5.25 Å². The lowest BCUT2D eigenvalue weighted by Crippen LogP contribution is -2.22. The van der Waals surface area contributed by atoms with Crippen LogP contribution in [0.1, 0.15) is 25.8 Å². The molecule has 96 valence electrons. The summed E-state index contributed by atoms with van der Waals surface area (Å²) in [7, 11) is -3.26. The second-order valence-corrected chi connectivity index (χ2v) is 6.80. The average molecular weight is 276 g/mol. The van der Waals surface area contributed by atoms with Crippen molar-refractivity contribution in [3.8, 4) is 0 Å². The number of anilines is 1. The number of halogens is 1. The van der Waals surface area contributed by atoms with Gasteiger partial charge in [0.1, 0.15) is 0 Å². The van der Waals surface area contributed by atoms with Crippen LogP contribution in [0.25, 0.3) is 0 Å². The highest BCUT2D eigenvalue weighted by Gasteiger charge is 2.15. The molecule has 0 heterocycles. The van der Waals surface area contributed by atoms with Crippen LogP contribution in [0.15, 0.2) is 24.3 Å². The molecule has 1 rings (SSSR count). The van der Waals surface area contributed by atoms with Crippen molar-refractivity contribution in [2.24, 2.45) is 0 Å². The van der Waals surface area contributed by atoms with Gasteiger partial charge in [-0.1, -0.05) is 12.1 Å². The van der Waals surface area contributed by atoms with Crippen LogP contribution in [0.2, 0.25) is 0 Å². The molecule has 0 saturated heterocycles. The van der Waals surface area contributed by atoms with Crippen molar-refractivity contribution >= 4 is 27.3 Å². The number of nitrogens with one attached hydrogen (secondary N) is 1. The highest BCUT2D eigenvalue weighted by molar-refractivity contribution is 7.93. The van der Waals surface area contributed by atoms with Crippen LogP contribution in [-0.2, 0) is 16.4 Å². The number of hydrogen-bond donors (Lipinski definition) is 1. The van der Waals surface area contributed by atoms with E-state index in [9.17, 15) is 8.42 Å². The minimum absolute atomic E-state index is 0.436. The molecule has 3 nitrogen and oxygen atoms in total. The summed E-state index contributed by atoms with van der Waals surface area (Å²) < 4.78 is 26.0. The maximum absolute atomic E-state index is 11.7. The van der Waals surface area contributed by atoms with E-state index in [4.69, 9.17) is 11.6 Å². The van der Waals surface area contributed by atoms with Crippen molar-refractivity contribution in [1.82, 2.24) is 0 Å². The van der Waals surface area contributed by atoms with E-state index in [0.717, 1.165) is 18.4 Å². The minimum Gasteiger partial charge on any atom is -0.283 e. The fourth-order valence-corrected chi connectivity index (χ4v) is 2.17. The molecule has 0 aromatic heterocycles. The fraction of sp³-hybridized carbons (Fsp3) is 0.500. The number of rotatable bonds is 6. The molecule has 0 aliphatic carbocycles. The molecule has 5 heteroatoms. The number of alkyl halides is 1. The smallest absolute Gasteiger partial charge is 0.235 e. The second-order valence-electron chi connectivity index (χ2n) is 4.19. The van der Waals surface area contributed by atoms with Crippen LogP contribution < -0.4 is 4.72 Å². The van der Waals surface area contributed by atoms with Crippen molar-refractivity contribution in [3.05, 3.63) is 29.8 Å². The quantitative estimate of drug-likeness (QED) is 0.811. The fourth-order valence-electron chi connectivity index (χ4n) is 1.34. The Morgan fingerprint density at radius 3 is 2.65 bits per heavy atom. The largest absolute Gasteiger partial charge is 0.283 e. The van der Waals surface area contributed by atoms with Crippen LogP contribution in [-0.4, -0.2) is 19.5 Å². The van der Waals surface area contributed by atoms with E-state index >= 15 is 0 Å². The first kappa shape index (κ1) is 14.3. The Labute approximate surface area is 108 Å². The molecule has 0 unspecified atom stereocenters. The molecule has 0 radical (unpaired) electrons. The summed E-state index contributed by atoms with van der Waals surface area (Å²) in [4.78, 5) is 0. The second kappa shape index (κ2) is 6.26. The van der Waals surface area contributed by atoms with Gasteiger partial charge >= 0.3 is 0 Å². The van der Waals surface area contributed by atoms with E-state index in [0.29, 0.717) is 11.6 Å². The van der Waals surface area contributed by atoms with Gasteiger partial charge < -0.3 is 0 Å². The SMILES string of the molecule is CC(C)S(=O)(=O)Nc1cccc(CCCCl)c1. The lowest BCUT2D eigenvalue weighted by atomic mass is 10.1. The number of benzene rings is 1. The molecule has 0 fully saturated rings. The molecule has 0 spiro atoms. The van der Waals surface area contributed by atoms with Crippen LogP contribution in [0.3, 0.4) is 0 Å². The molecule has 0 atom stereocenters. The zero-order chi connectivity index (χ0) is 12.9. The number of sulfonamides is 1. The van der Waals surface area contributed by atoms with Gasteiger partial charge in [-0.3, -0.25) is 4.72 Å². The lowest BCUT2D eigenvalue weighted by Gasteiger charge is -2.11. The number of hydrogen-bond acceptors (Lipinski definition) is 2. The van der Waals surface area contributed by atoms with E-state index in [1.165, 1.54) is 0 Å². The van der Waals surface area contributed by atoms with Crippen LogP contribution in [0, 0.1) is 0 Å². The van der Waals surface area contributed by atoms with Gasteiger partial charge in [0.2, 0.25) is 10.0 Å². The van der Waals surface area contributed by atoms with Crippen LogP contribution in [0.5, 0.6) is 0 Å². The molecule has 1 N–H and O–H groups in total. The third kappa shape index (κ3) is 4.56. The molecule has 0 aliphatic rings. The monoisotopic (exact) mass is 275 g/mol. The first-order valence-corrected chi connectivity index (χ1v) is 7.70. The lowest BCUT2D eigenvalue weighted by molar-refractivity contribution is 0.593. The zero-order valence-electron chi connectivity index (χ0n) is 10.1. The normalized spacial score (nSPS) is 11.8. The van der Waals surface area contributed by atoms with E-state index in [1.807, 2.05) is 18.2 Å². The molecule has 17 heavy (non-hydrogen) atoms. The molecule has 1 aromatic rings. The number of aryl methyl sites for hydroxylation is 1. The van der Waals surface area contributed by atoms with Crippen molar-refractivity contribution in [1.29, 1.82) is 0 Å². The summed E-state index contributed by atoms with van der Waals surface area (Å²) in [5, 5.41) is -0.436. The first-order chi connectivity index (χ1) is 7.95. The van der Waals surface area contributed by atoms with Gasteiger partial charge in [-0.05, 0) is 44.4 Å². The summed E-state index contributed by atoms with van der Waals surface area (Å²) in [6.45, 7) is 3.30. The standard InChI is InChI=1S/C12H18ClNO2S/c1-10(2)17(15,16)14-12-7-3-5-11(9-12)6-4-8-13/h3,5,7,9-10,14H,4,6,8H2,1-2H3. The van der Waals surface area contributed by atoms with E-state index < -0.39 is 15.3 Å².